The number of aromatic nitrogens is 4. The number of benzene rings is 2. The number of nitrogens with zero attached hydrogens (tertiary/aromatic N) is 5. The fraction of sp³-hybridized carbons (Fsp3) is 0.346. The summed E-state index contributed by atoms with van der Waals surface area (Å²) < 4.78 is 33.9. The number of fused-ring (bicyclic) bond motifs is 1. The lowest BCUT2D eigenvalue weighted by molar-refractivity contribution is -0.0505. The smallest absolute Gasteiger partial charge is 0.387 e. The minimum absolute atomic E-state index is 0.0338. The van der Waals surface area contributed by atoms with E-state index in [1.54, 1.807) is 42.3 Å². The molecule has 10 heteroatoms. The third kappa shape index (κ3) is 4.44. The SMILES string of the molecule is Cc1ccc(OC(F)F)c(Cn2c3cc(-c4cnc(N5CCCC5CO)nc4)ccc3c(=O)n2C)c1. The number of anilines is 1. The molecule has 0 bridgehead atoms. The Balaban J connectivity index is 1.52. The van der Waals surface area contributed by atoms with Gasteiger partial charge < -0.3 is 14.7 Å². The van der Waals surface area contributed by atoms with Crippen molar-refractivity contribution in [1.82, 2.24) is 19.3 Å². The highest BCUT2D eigenvalue weighted by molar-refractivity contribution is 5.84. The molecule has 0 radical (unpaired) electrons. The second-order valence-electron chi connectivity index (χ2n) is 9.05. The predicted molar refractivity (Wildman–Crippen MR) is 133 cm³/mol. The Bertz CT molecular complexity index is 1450. The second-order valence-corrected chi connectivity index (χ2v) is 9.05. The Morgan fingerprint density at radius 2 is 1.92 bits per heavy atom. The van der Waals surface area contributed by atoms with Gasteiger partial charge in [-0.1, -0.05) is 23.8 Å². The van der Waals surface area contributed by atoms with Gasteiger partial charge in [0.05, 0.1) is 30.1 Å². The van der Waals surface area contributed by atoms with E-state index in [0.717, 1.165) is 36.1 Å². The van der Waals surface area contributed by atoms with Crippen LogP contribution in [0.5, 0.6) is 5.75 Å². The average molecular weight is 496 g/mol. The summed E-state index contributed by atoms with van der Waals surface area (Å²) in [5.41, 5.74) is 3.52. The first-order chi connectivity index (χ1) is 17.4. The Morgan fingerprint density at radius 3 is 2.64 bits per heavy atom. The number of aliphatic hydroxyl groups excluding tert-OH is 1. The molecule has 1 N–H and O–H groups in total. The van der Waals surface area contributed by atoms with Crippen molar-refractivity contribution in [3.63, 3.8) is 0 Å². The highest BCUT2D eigenvalue weighted by atomic mass is 19.3. The zero-order valence-corrected chi connectivity index (χ0v) is 20.1. The van der Waals surface area contributed by atoms with Gasteiger partial charge in [0.1, 0.15) is 5.75 Å². The molecule has 1 fully saturated rings. The first-order valence-electron chi connectivity index (χ1n) is 11.8. The number of alkyl halides is 2. The van der Waals surface area contributed by atoms with Crippen LogP contribution in [-0.2, 0) is 13.6 Å². The summed E-state index contributed by atoms with van der Waals surface area (Å²) >= 11 is 0. The fourth-order valence-electron chi connectivity index (χ4n) is 4.85. The maximum atomic E-state index is 13.0. The van der Waals surface area contributed by atoms with Crippen molar-refractivity contribution in [2.45, 2.75) is 39.0 Å². The number of hydrogen-bond donors (Lipinski definition) is 1. The van der Waals surface area contributed by atoms with E-state index in [0.29, 0.717) is 22.4 Å². The lowest BCUT2D eigenvalue weighted by atomic mass is 10.1. The molecule has 3 heterocycles. The molecule has 0 spiro atoms. The lowest BCUT2D eigenvalue weighted by Gasteiger charge is -2.22. The molecule has 1 atom stereocenters. The van der Waals surface area contributed by atoms with Crippen LogP contribution in [0.1, 0.15) is 24.0 Å². The topological polar surface area (TPSA) is 85.4 Å². The number of aryl methyl sites for hydroxylation is 1. The van der Waals surface area contributed by atoms with E-state index in [1.807, 2.05) is 24.0 Å². The van der Waals surface area contributed by atoms with Crippen LogP contribution >= 0.6 is 0 Å². The maximum Gasteiger partial charge on any atom is 0.387 e. The zero-order valence-electron chi connectivity index (χ0n) is 20.1. The van der Waals surface area contributed by atoms with Crippen molar-refractivity contribution in [3.05, 3.63) is 70.3 Å². The predicted octanol–water partition coefficient (Wildman–Crippen LogP) is 3.72. The van der Waals surface area contributed by atoms with Gasteiger partial charge in [-0.3, -0.25) is 14.2 Å². The Kier molecular flexibility index (Phi) is 6.44. The van der Waals surface area contributed by atoms with Gasteiger partial charge in [0, 0.05) is 37.1 Å². The number of hydrogen-bond acceptors (Lipinski definition) is 6. The molecule has 4 aromatic rings. The minimum Gasteiger partial charge on any atom is -0.434 e. The largest absolute Gasteiger partial charge is 0.434 e. The van der Waals surface area contributed by atoms with Crippen molar-refractivity contribution in [2.24, 2.45) is 7.05 Å². The Labute approximate surface area is 206 Å². The normalized spacial score (nSPS) is 15.8. The van der Waals surface area contributed by atoms with Crippen molar-refractivity contribution in [2.75, 3.05) is 18.1 Å². The highest BCUT2D eigenvalue weighted by Gasteiger charge is 2.26. The third-order valence-corrected chi connectivity index (χ3v) is 6.73. The molecule has 1 unspecified atom stereocenters. The molecular formula is C26H27F2N5O3. The summed E-state index contributed by atoms with van der Waals surface area (Å²) in [6.45, 7) is -0.0224. The molecule has 2 aromatic heterocycles. The molecular weight excluding hydrogens is 468 g/mol. The molecule has 0 aliphatic carbocycles. The van der Waals surface area contributed by atoms with Gasteiger partial charge in [0.15, 0.2) is 0 Å². The van der Waals surface area contributed by atoms with Crippen LogP contribution in [0.15, 0.2) is 53.6 Å². The molecule has 188 valence electrons. The molecule has 36 heavy (non-hydrogen) atoms. The molecule has 5 rings (SSSR count). The zero-order chi connectivity index (χ0) is 25.4. The summed E-state index contributed by atoms with van der Waals surface area (Å²) in [6, 6.07) is 10.5. The third-order valence-electron chi connectivity index (χ3n) is 6.73. The van der Waals surface area contributed by atoms with E-state index < -0.39 is 6.61 Å². The first-order valence-corrected chi connectivity index (χ1v) is 11.8. The lowest BCUT2D eigenvalue weighted by Crippen LogP contribution is -2.33. The van der Waals surface area contributed by atoms with E-state index in [-0.39, 0.29) is 30.5 Å². The van der Waals surface area contributed by atoms with Crippen molar-refractivity contribution in [3.8, 4) is 16.9 Å². The fourth-order valence-corrected chi connectivity index (χ4v) is 4.85. The Hall–Kier alpha value is -3.79. The van der Waals surface area contributed by atoms with Gasteiger partial charge >= 0.3 is 6.61 Å². The van der Waals surface area contributed by atoms with Crippen LogP contribution in [0, 0.1) is 6.92 Å². The molecule has 0 amide bonds. The van der Waals surface area contributed by atoms with Crippen LogP contribution < -0.4 is 15.2 Å². The standard InChI is InChI=1S/C26H27F2N5O3/c1-16-5-8-23(36-25(27)28)18(10-16)14-33-22-11-17(6-7-21(22)24(35)31(33)2)19-12-29-26(30-13-19)32-9-3-4-20(32)15-34/h5-8,10-13,20,25,34H,3-4,9,14-15H2,1-2H3. The number of aliphatic hydroxyl groups is 1. The van der Waals surface area contributed by atoms with Gasteiger partial charge in [-0.25, -0.2) is 9.97 Å². The minimum atomic E-state index is -2.94. The van der Waals surface area contributed by atoms with Crippen molar-refractivity contribution in [1.29, 1.82) is 0 Å². The van der Waals surface area contributed by atoms with Gasteiger partial charge in [-0.05, 0) is 43.5 Å². The average Bonchev–Trinajstić information content (AvgIpc) is 3.44. The summed E-state index contributed by atoms with van der Waals surface area (Å²) in [5, 5.41) is 10.1. The number of ether oxygens (including phenoxy) is 1. The summed E-state index contributed by atoms with van der Waals surface area (Å²) in [6.07, 6.45) is 5.37. The van der Waals surface area contributed by atoms with Crippen LogP contribution in [0.25, 0.3) is 22.0 Å². The van der Waals surface area contributed by atoms with E-state index in [4.69, 9.17) is 4.74 Å². The first kappa shape index (κ1) is 23.9. The van der Waals surface area contributed by atoms with E-state index in [1.165, 1.54) is 10.7 Å². The monoisotopic (exact) mass is 495 g/mol. The summed E-state index contributed by atoms with van der Waals surface area (Å²) in [7, 11) is 1.65. The van der Waals surface area contributed by atoms with Gasteiger partial charge in [-0.2, -0.15) is 8.78 Å². The molecule has 1 saturated heterocycles. The van der Waals surface area contributed by atoms with Crippen LogP contribution in [0.2, 0.25) is 0 Å². The number of halogens is 2. The second kappa shape index (κ2) is 9.69. The van der Waals surface area contributed by atoms with E-state index in [9.17, 15) is 18.7 Å². The Morgan fingerprint density at radius 1 is 1.14 bits per heavy atom. The molecule has 2 aromatic carbocycles. The molecule has 0 saturated carbocycles. The quantitative estimate of drug-likeness (QED) is 0.421. The van der Waals surface area contributed by atoms with Crippen molar-refractivity contribution >= 4 is 16.9 Å². The maximum absolute atomic E-state index is 13.0. The van der Waals surface area contributed by atoms with Crippen LogP contribution in [-0.4, -0.2) is 50.2 Å². The molecule has 1 aliphatic heterocycles. The van der Waals surface area contributed by atoms with Gasteiger partial charge in [0.25, 0.3) is 5.56 Å². The summed E-state index contributed by atoms with van der Waals surface area (Å²) in [5.74, 6) is 0.659. The van der Waals surface area contributed by atoms with E-state index >= 15 is 0 Å². The van der Waals surface area contributed by atoms with Crippen molar-refractivity contribution < 1.29 is 18.6 Å². The van der Waals surface area contributed by atoms with Crippen LogP contribution in [0.3, 0.4) is 0 Å². The van der Waals surface area contributed by atoms with Crippen LogP contribution in [0.4, 0.5) is 14.7 Å². The van der Waals surface area contributed by atoms with Gasteiger partial charge in [-0.15, -0.1) is 0 Å². The molecule has 1 aliphatic rings. The summed E-state index contributed by atoms with van der Waals surface area (Å²) in [4.78, 5) is 24.0. The number of rotatable bonds is 7. The van der Waals surface area contributed by atoms with E-state index in [2.05, 4.69) is 9.97 Å². The highest BCUT2D eigenvalue weighted by Crippen LogP contribution is 2.28. The van der Waals surface area contributed by atoms with Gasteiger partial charge in [0.2, 0.25) is 5.95 Å². The molecule has 8 nitrogen and oxygen atoms in total.